The lowest BCUT2D eigenvalue weighted by atomic mass is 10.1. The van der Waals surface area contributed by atoms with Crippen LogP contribution < -0.4 is 20.1 Å². The standard InChI is InChI=1S/C34H32N4O6S2/c1-22-10-15-29(23(2)18-22)38-32(40)30(19-24-11-13-25(14-12-24)34(41)44-3)45-33(38)28(21-35)31(39)36-26-8-7-9-27(20-26)46(42,43)37-16-5-4-6-17-37/h7-15,18-20H,4-6,16-17H2,1-3H3,(H,36,39). The van der Waals surface area contributed by atoms with Gasteiger partial charge >= 0.3 is 5.97 Å². The van der Waals surface area contributed by atoms with Crippen molar-refractivity contribution in [1.82, 2.24) is 8.87 Å². The average molecular weight is 657 g/mol. The van der Waals surface area contributed by atoms with Gasteiger partial charge < -0.3 is 10.1 Å². The van der Waals surface area contributed by atoms with Crippen LogP contribution in [0.25, 0.3) is 17.3 Å². The first-order valence-electron chi connectivity index (χ1n) is 14.6. The molecule has 0 radical (unpaired) electrons. The average Bonchev–Trinajstić information content (AvgIpc) is 3.36. The van der Waals surface area contributed by atoms with Crippen molar-refractivity contribution in [2.24, 2.45) is 0 Å². The summed E-state index contributed by atoms with van der Waals surface area (Å²) >= 11 is 0.982. The van der Waals surface area contributed by atoms with Crippen molar-refractivity contribution in [3.05, 3.63) is 109 Å². The zero-order chi connectivity index (χ0) is 33.0. The molecule has 1 saturated heterocycles. The summed E-state index contributed by atoms with van der Waals surface area (Å²) in [7, 11) is -2.46. The summed E-state index contributed by atoms with van der Waals surface area (Å²) in [6.45, 7) is 4.64. The monoisotopic (exact) mass is 656 g/mol. The van der Waals surface area contributed by atoms with Crippen LogP contribution in [0.3, 0.4) is 0 Å². The summed E-state index contributed by atoms with van der Waals surface area (Å²) in [6.07, 6.45) is 4.18. The van der Waals surface area contributed by atoms with Crippen molar-refractivity contribution in [2.75, 3.05) is 25.5 Å². The second kappa shape index (κ2) is 13.7. The molecule has 5 rings (SSSR count). The fourth-order valence-corrected chi connectivity index (χ4v) is 7.95. The predicted molar refractivity (Wildman–Crippen MR) is 177 cm³/mol. The van der Waals surface area contributed by atoms with E-state index in [9.17, 15) is 28.1 Å². The summed E-state index contributed by atoms with van der Waals surface area (Å²) in [5, 5.41) is 12.9. The molecular formula is C34H32N4O6S2. The number of benzene rings is 3. The smallest absolute Gasteiger partial charge is 0.337 e. The Bertz CT molecular complexity index is 2150. The number of hydrogen-bond acceptors (Lipinski definition) is 8. The van der Waals surface area contributed by atoms with Crippen LogP contribution in [0.15, 0.2) is 76.4 Å². The molecule has 236 valence electrons. The normalized spacial score (nSPS) is 14.8. The molecule has 0 spiro atoms. The highest BCUT2D eigenvalue weighted by molar-refractivity contribution is 7.89. The van der Waals surface area contributed by atoms with Gasteiger partial charge in [0.2, 0.25) is 10.0 Å². The molecule has 0 saturated carbocycles. The number of aromatic nitrogens is 1. The second-order valence-electron chi connectivity index (χ2n) is 10.9. The summed E-state index contributed by atoms with van der Waals surface area (Å²) in [5.74, 6) is -1.28. The largest absolute Gasteiger partial charge is 0.465 e. The topological polar surface area (TPSA) is 139 Å². The van der Waals surface area contributed by atoms with Gasteiger partial charge in [0, 0.05) is 18.8 Å². The summed E-state index contributed by atoms with van der Waals surface area (Å²) in [6, 6.07) is 19.9. The number of nitrogens with zero attached hydrogens (tertiary/aromatic N) is 3. The minimum atomic E-state index is -3.75. The van der Waals surface area contributed by atoms with Gasteiger partial charge in [-0.2, -0.15) is 9.57 Å². The third-order valence-electron chi connectivity index (χ3n) is 7.64. The van der Waals surface area contributed by atoms with Gasteiger partial charge in [0.1, 0.15) is 10.7 Å². The van der Waals surface area contributed by atoms with E-state index in [1.54, 1.807) is 42.5 Å². The van der Waals surface area contributed by atoms with E-state index in [4.69, 9.17) is 4.74 Å². The Hall–Kier alpha value is -4.83. The molecule has 4 aromatic rings. The highest BCUT2D eigenvalue weighted by atomic mass is 32.2. The number of carbonyl (C=O) groups is 2. The fraction of sp³-hybridized carbons (Fsp3) is 0.235. The van der Waals surface area contributed by atoms with E-state index in [-0.39, 0.29) is 25.4 Å². The van der Waals surface area contributed by atoms with Crippen molar-refractivity contribution >= 4 is 50.6 Å². The zero-order valence-corrected chi connectivity index (χ0v) is 27.2. The number of thiazole rings is 1. The van der Waals surface area contributed by atoms with Gasteiger partial charge in [-0.3, -0.25) is 14.2 Å². The van der Waals surface area contributed by atoms with Crippen LogP contribution in [-0.2, 0) is 19.6 Å². The molecule has 3 aromatic carbocycles. The molecule has 1 amide bonds. The van der Waals surface area contributed by atoms with E-state index < -0.39 is 27.5 Å². The van der Waals surface area contributed by atoms with Crippen molar-refractivity contribution in [2.45, 2.75) is 38.0 Å². The Kier molecular flexibility index (Phi) is 9.67. The number of anilines is 1. The molecule has 1 fully saturated rings. The Balaban J connectivity index is 1.61. The molecule has 46 heavy (non-hydrogen) atoms. The van der Waals surface area contributed by atoms with Gasteiger partial charge in [-0.15, -0.1) is 11.3 Å². The lowest BCUT2D eigenvalue weighted by Gasteiger charge is -2.26. The Morgan fingerprint density at radius 2 is 1.72 bits per heavy atom. The van der Waals surface area contributed by atoms with E-state index in [0.29, 0.717) is 29.9 Å². The minimum Gasteiger partial charge on any atom is -0.465 e. The zero-order valence-electron chi connectivity index (χ0n) is 25.6. The first-order chi connectivity index (χ1) is 22.0. The molecule has 1 aliphatic rings. The predicted octanol–water partition coefficient (Wildman–Crippen LogP) is 3.62. The lowest BCUT2D eigenvalue weighted by molar-refractivity contribution is -0.111. The van der Waals surface area contributed by atoms with E-state index in [1.165, 1.54) is 34.2 Å². The number of nitrogens with one attached hydrogen (secondary N) is 1. The summed E-state index contributed by atoms with van der Waals surface area (Å²) < 4.78 is 34.4. The van der Waals surface area contributed by atoms with Crippen LogP contribution in [-0.4, -0.2) is 49.4 Å². The number of sulfonamides is 1. The van der Waals surface area contributed by atoms with Crippen LogP contribution >= 0.6 is 11.3 Å². The van der Waals surface area contributed by atoms with Crippen LogP contribution in [0, 0.1) is 25.2 Å². The Morgan fingerprint density at radius 3 is 2.37 bits per heavy atom. The third kappa shape index (κ3) is 6.72. The van der Waals surface area contributed by atoms with E-state index in [0.717, 1.165) is 41.7 Å². The molecule has 10 nitrogen and oxygen atoms in total. The number of piperidine rings is 1. The van der Waals surface area contributed by atoms with Gasteiger partial charge in [0.25, 0.3) is 11.5 Å². The van der Waals surface area contributed by atoms with Gasteiger partial charge in [-0.1, -0.05) is 42.3 Å². The van der Waals surface area contributed by atoms with Crippen molar-refractivity contribution in [1.29, 1.82) is 5.26 Å². The van der Waals surface area contributed by atoms with Crippen molar-refractivity contribution in [3.8, 4) is 11.8 Å². The molecule has 1 aliphatic heterocycles. The first kappa shape index (κ1) is 32.6. The summed E-state index contributed by atoms with van der Waals surface area (Å²) in [5.41, 5.74) is 2.69. The van der Waals surface area contributed by atoms with E-state index in [1.807, 2.05) is 32.0 Å². The van der Waals surface area contributed by atoms with Crippen LogP contribution in [0.5, 0.6) is 0 Å². The molecule has 0 unspecified atom stereocenters. The minimum absolute atomic E-state index is 0.0455. The van der Waals surface area contributed by atoms with Crippen LogP contribution in [0.4, 0.5) is 5.69 Å². The number of amides is 1. The SMILES string of the molecule is COC(=O)c1ccc(C=c2sc(=C(C#N)C(=O)Nc3cccc(S(=O)(=O)N4CCCCC4)c3)n(-c3ccc(C)cc3C)c2=O)cc1. The molecule has 12 heteroatoms. The quantitative estimate of drug-likeness (QED) is 0.300. The number of methoxy groups -OCH3 is 1. The number of rotatable bonds is 7. The molecule has 2 heterocycles. The molecule has 1 N–H and O–H groups in total. The van der Waals surface area contributed by atoms with Crippen molar-refractivity contribution in [3.63, 3.8) is 0 Å². The molecular weight excluding hydrogens is 625 g/mol. The third-order valence-corrected chi connectivity index (χ3v) is 10.6. The van der Waals surface area contributed by atoms with Crippen LogP contribution in [0.1, 0.15) is 46.3 Å². The van der Waals surface area contributed by atoms with E-state index >= 15 is 0 Å². The lowest BCUT2D eigenvalue weighted by Crippen LogP contribution is -2.35. The molecule has 0 atom stereocenters. The number of hydrogen-bond donors (Lipinski definition) is 1. The highest BCUT2D eigenvalue weighted by Gasteiger charge is 2.26. The molecule has 0 aliphatic carbocycles. The maximum absolute atomic E-state index is 13.9. The molecule has 1 aromatic heterocycles. The van der Waals surface area contributed by atoms with Gasteiger partial charge in [-0.25, -0.2) is 13.2 Å². The Labute approximate surface area is 270 Å². The second-order valence-corrected chi connectivity index (χ2v) is 13.9. The first-order valence-corrected chi connectivity index (χ1v) is 16.8. The number of esters is 1. The number of nitriles is 1. The van der Waals surface area contributed by atoms with Crippen molar-refractivity contribution < 1.29 is 22.7 Å². The maximum Gasteiger partial charge on any atom is 0.337 e. The number of carbonyl (C=O) groups excluding carboxylic acids is 2. The van der Waals surface area contributed by atoms with Gasteiger partial charge in [-0.05, 0) is 80.3 Å². The van der Waals surface area contributed by atoms with Gasteiger partial charge in [0.05, 0.1) is 27.8 Å². The fourth-order valence-electron chi connectivity index (χ4n) is 5.29. The Morgan fingerprint density at radius 1 is 1.00 bits per heavy atom. The van der Waals surface area contributed by atoms with Gasteiger partial charge in [0.15, 0.2) is 5.57 Å². The van der Waals surface area contributed by atoms with E-state index in [2.05, 4.69) is 5.32 Å². The number of aryl methyl sites for hydroxylation is 2. The highest BCUT2D eigenvalue weighted by Crippen LogP contribution is 2.23. The van der Waals surface area contributed by atoms with Crippen LogP contribution in [0.2, 0.25) is 0 Å². The maximum atomic E-state index is 13.9. The molecule has 0 bridgehead atoms. The summed E-state index contributed by atoms with van der Waals surface area (Å²) in [4.78, 5) is 39.4. The number of ether oxygens (including phenoxy) is 1.